The Morgan fingerprint density at radius 3 is 2.43 bits per heavy atom. The third kappa shape index (κ3) is 11.9. The van der Waals surface area contributed by atoms with Crippen LogP contribution in [-0.4, -0.2) is 56.0 Å². The van der Waals surface area contributed by atoms with Crippen LogP contribution in [0.4, 0.5) is 5.69 Å². The standard InChI is InChI=1S/C20H34BrN5O.HI/c1-5-26(6-2)15-7-8-16(3)24-20(22-4)23-14-13-19(27)25-18-11-9-17(21)10-12-18;/h9-12,16H,5-8,13-15H2,1-4H3,(H,25,27)(H2,22,23,24);1H. The largest absolute Gasteiger partial charge is 0.356 e. The van der Waals surface area contributed by atoms with Gasteiger partial charge in [0.2, 0.25) is 5.91 Å². The minimum atomic E-state index is -0.0208. The Kier molecular flexibility index (Phi) is 15.5. The van der Waals surface area contributed by atoms with Crippen LogP contribution in [0.5, 0.6) is 0 Å². The number of halogens is 2. The fraction of sp³-hybridized carbons (Fsp3) is 0.600. The molecule has 0 saturated heterocycles. The van der Waals surface area contributed by atoms with Gasteiger partial charge in [-0.05, 0) is 63.7 Å². The van der Waals surface area contributed by atoms with E-state index in [9.17, 15) is 4.79 Å². The Balaban J connectivity index is 0.00000729. The van der Waals surface area contributed by atoms with Crippen LogP contribution < -0.4 is 16.0 Å². The van der Waals surface area contributed by atoms with Gasteiger partial charge in [-0.2, -0.15) is 0 Å². The Bertz CT molecular complexity index is 578. The Morgan fingerprint density at radius 1 is 1.21 bits per heavy atom. The first kappa shape index (κ1) is 27.1. The van der Waals surface area contributed by atoms with Crippen LogP contribution in [-0.2, 0) is 4.79 Å². The summed E-state index contributed by atoms with van der Waals surface area (Å²) in [5.74, 6) is 0.717. The van der Waals surface area contributed by atoms with Crippen molar-refractivity contribution in [2.75, 3.05) is 38.5 Å². The molecule has 1 rings (SSSR count). The zero-order valence-corrected chi connectivity index (χ0v) is 21.3. The molecule has 1 aromatic carbocycles. The van der Waals surface area contributed by atoms with E-state index < -0.39 is 0 Å². The van der Waals surface area contributed by atoms with Crippen molar-refractivity contribution in [3.05, 3.63) is 28.7 Å². The Morgan fingerprint density at radius 2 is 1.86 bits per heavy atom. The van der Waals surface area contributed by atoms with Gasteiger partial charge in [0.1, 0.15) is 0 Å². The van der Waals surface area contributed by atoms with Gasteiger partial charge in [0.25, 0.3) is 0 Å². The first-order valence-electron chi connectivity index (χ1n) is 9.73. The number of anilines is 1. The summed E-state index contributed by atoms with van der Waals surface area (Å²) in [6.07, 6.45) is 2.62. The number of nitrogens with zero attached hydrogens (tertiary/aromatic N) is 2. The minimum absolute atomic E-state index is 0. The summed E-state index contributed by atoms with van der Waals surface area (Å²) in [7, 11) is 1.75. The van der Waals surface area contributed by atoms with E-state index in [0.717, 1.165) is 48.6 Å². The van der Waals surface area contributed by atoms with E-state index in [1.807, 2.05) is 24.3 Å². The fourth-order valence-electron chi connectivity index (χ4n) is 2.71. The van der Waals surface area contributed by atoms with Crippen molar-refractivity contribution in [1.82, 2.24) is 15.5 Å². The summed E-state index contributed by atoms with van der Waals surface area (Å²) in [5.41, 5.74) is 0.799. The van der Waals surface area contributed by atoms with Gasteiger partial charge in [-0.25, -0.2) is 0 Å². The number of hydrogen-bond donors (Lipinski definition) is 3. The lowest BCUT2D eigenvalue weighted by molar-refractivity contribution is -0.116. The number of guanidine groups is 1. The minimum Gasteiger partial charge on any atom is -0.356 e. The number of carbonyl (C=O) groups is 1. The molecule has 0 aromatic heterocycles. The molecule has 0 radical (unpaired) electrons. The lowest BCUT2D eigenvalue weighted by atomic mass is 10.2. The smallest absolute Gasteiger partial charge is 0.226 e. The van der Waals surface area contributed by atoms with Crippen LogP contribution in [0.1, 0.15) is 40.0 Å². The molecule has 0 spiro atoms. The van der Waals surface area contributed by atoms with Gasteiger partial charge in [0.15, 0.2) is 5.96 Å². The average molecular weight is 568 g/mol. The molecule has 0 fully saturated rings. The molecule has 8 heteroatoms. The van der Waals surface area contributed by atoms with Gasteiger partial charge in [0, 0.05) is 36.2 Å². The molecule has 0 aliphatic rings. The first-order valence-corrected chi connectivity index (χ1v) is 10.5. The van der Waals surface area contributed by atoms with Crippen molar-refractivity contribution < 1.29 is 4.79 Å². The molecule has 1 unspecified atom stereocenters. The molecular weight excluding hydrogens is 533 g/mol. The van der Waals surface area contributed by atoms with Crippen molar-refractivity contribution in [1.29, 1.82) is 0 Å². The average Bonchev–Trinajstić information content (AvgIpc) is 2.66. The van der Waals surface area contributed by atoms with Crippen molar-refractivity contribution in [3.8, 4) is 0 Å². The van der Waals surface area contributed by atoms with Gasteiger partial charge < -0.3 is 20.9 Å². The number of benzene rings is 1. The van der Waals surface area contributed by atoms with Crippen molar-refractivity contribution >= 4 is 57.5 Å². The van der Waals surface area contributed by atoms with Crippen LogP contribution >= 0.6 is 39.9 Å². The van der Waals surface area contributed by atoms with E-state index in [-0.39, 0.29) is 29.9 Å². The van der Waals surface area contributed by atoms with Crippen LogP contribution in [0, 0.1) is 0 Å². The SMILES string of the molecule is CCN(CC)CCCC(C)NC(=NC)NCCC(=O)Nc1ccc(Br)cc1.I. The monoisotopic (exact) mass is 567 g/mol. The number of carbonyl (C=O) groups excluding carboxylic acids is 1. The van der Waals surface area contributed by atoms with Gasteiger partial charge in [-0.1, -0.05) is 29.8 Å². The number of nitrogens with one attached hydrogen (secondary N) is 3. The van der Waals surface area contributed by atoms with Crippen LogP contribution in [0.3, 0.4) is 0 Å². The Hall–Kier alpha value is -0.870. The third-order valence-electron chi connectivity index (χ3n) is 4.39. The van der Waals surface area contributed by atoms with Gasteiger partial charge in [0.05, 0.1) is 0 Å². The molecule has 1 aromatic rings. The predicted octanol–water partition coefficient (Wildman–Crippen LogP) is 4.07. The summed E-state index contributed by atoms with van der Waals surface area (Å²) < 4.78 is 0.989. The quantitative estimate of drug-likeness (QED) is 0.214. The second-order valence-electron chi connectivity index (χ2n) is 6.52. The maximum absolute atomic E-state index is 12.0. The summed E-state index contributed by atoms with van der Waals surface area (Å²) in [6.45, 7) is 10.4. The Labute approximate surface area is 195 Å². The molecule has 0 heterocycles. The molecule has 0 saturated carbocycles. The van der Waals surface area contributed by atoms with Gasteiger partial charge in [-0.3, -0.25) is 9.79 Å². The molecule has 6 nitrogen and oxygen atoms in total. The molecule has 1 atom stereocenters. The summed E-state index contributed by atoms with van der Waals surface area (Å²) >= 11 is 3.38. The van der Waals surface area contributed by atoms with Crippen LogP contribution in [0.2, 0.25) is 0 Å². The van der Waals surface area contributed by atoms with Crippen LogP contribution in [0.25, 0.3) is 0 Å². The molecular formula is C20H35BrIN5O. The maximum atomic E-state index is 12.0. The molecule has 0 aliphatic carbocycles. The molecule has 1 amide bonds. The second kappa shape index (κ2) is 16.0. The zero-order chi connectivity index (χ0) is 20.1. The number of amides is 1. The highest BCUT2D eigenvalue weighted by Gasteiger charge is 2.08. The highest BCUT2D eigenvalue weighted by atomic mass is 127. The van der Waals surface area contributed by atoms with Gasteiger partial charge >= 0.3 is 0 Å². The third-order valence-corrected chi connectivity index (χ3v) is 4.91. The summed E-state index contributed by atoms with van der Waals surface area (Å²) in [6, 6.07) is 7.89. The number of aliphatic imine (C=N–C) groups is 1. The molecule has 3 N–H and O–H groups in total. The zero-order valence-electron chi connectivity index (χ0n) is 17.4. The molecule has 0 bridgehead atoms. The summed E-state index contributed by atoms with van der Waals surface area (Å²) in [4.78, 5) is 18.7. The lowest BCUT2D eigenvalue weighted by Gasteiger charge is -2.21. The van der Waals surface area contributed by atoms with Crippen molar-refractivity contribution in [2.24, 2.45) is 4.99 Å². The second-order valence-corrected chi connectivity index (χ2v) is 7.43. The molecule has 28 heavy (non-hydrogen) atoms. The van der Waals surface area contributed by atoms with Crippen molar-refractivity contribution in [3.63, 3.8) is 0 Å². The predicted molar refractivity (Wildman–Crippen MR) is 134 cm³/mol. The maximum Gasteiger partial charge on any atom is 0.226 e. The highest BCUT2D eigenvalue weighted by Crippen LogP contribution is 2.14. The van der Waals surface area contributed by atoms with E-state index in [1.54, 1.807) is 7.05 Å². The van der Waals surface area contributed by atoms with E-state index in [1.165, 1.54) is 0 Å². The number of hydrogen-bond acceptors (Lipinski definition) is 3. The van der Waals surface area contributed by atoms with E-state index in [2.05, 4.69) is 62.5 Å². The number of rotatable bonds is 11. The first-order chi connectivity index (χ1) is 13.0. The molecule has 0 aliphatic heterocycles. The van der Waals surface area contributed by atoms with Gasteiger partial charge in [-0.15, -0.1) is 24.0 Å². The molecule has 160 valence electrons. The van der Waals surface area contributed by atoms with E-state index >= 15 is 0 Å². The summed E-state index contributed by atoms with van der Waals surface area (Å²) in [5, 5.41) is 9.48. The van der Waals surface area contributed by atoms with E-state index in [4.69, 9.17) is 0 Å². The normalized spacial score (nSPS) is 12.3. The highest BCUT2D eigenvalue weighted by molar-refractivity contribution is 14.0. The lowest BCUT2D eigenvalue weighted by Crippen LogP contribution is -2.43. The van der Waals surface area contributed by atoms with Crippen molar-refractivity contribution in [2.45, 2.75) is 46.1 Å². The topological polar surface area (TPSA) is 68.8 Å². The van der Waals surface area contributed by atoms with Crippen LogP contribution in [0.15, 0.2) is 33.7 Å². The van der Waals surface area contributed by atoms with E-state index in [0.29, 0.717) is 19.0 Å². The fourth-order valence-corrected chi connectivity index (χ4v) is 2.98.